The van der Waals surface area contributed by atoms with Crippen LogP contribution in [0.4, 0.5) is 5.69 Å². The highest BCUT2D eigenvalue weighted by Gasteiger charge is 2.33. The number of benzene rings is 3. The molecule has 4 aromatic rings. The number of esters is 1. The Kier molecular flexibility index (Phi) is 9.14. The van der Waals surface area contributed by atoms with Crippen LogP contribution in [0.3, 0.4) is 0 Å². The predicted molar refractivity (Wildman–Crippen MR) is 167 cm³/mol. The number of halogens is 1. The number of hydrogen-bond donors (Lipinski definition) is 0. The van der Waals surface area contributed by atoms with Gasteiger partial charge < -0.3 is 9.47 Å². The monoisotopic (exact) mass is 635 g/mol. The minimum Gasteiger partial charge on any atom is -0.494 e. The van der Waals surface area contributed by atoms with Crippen molar-refractivity contribution >= 4 is 52.4 Å². The van der Waals surface area contributed by atoms with E-state index in [0.717, 1.165) is 16.2 Å². The third-order valence-electron chi connectivity index (χ3n) is 6.54. The zero-order valence-electron chi connectivity index (χ0n) is 23.4. The minimum absolute atomic E-state index is 0.0887. The summed E-state index contributed by atoms with van der Waals surface area (Å²) < 4.78 is 12.7. The lowest BCUT2D eigenvalue weighted by molar-refractivity contribution is -0.387. The molecular weight excluding hydrogens is 610 g/mol. The van der Waals surface area contributed by atoms with Crippen molar-refractivity contribution in [2.24, 2.45) is 4.99 Å². The van der Waals surface area contributed by atoms with Gasteiger partial charge in [-0.15, -0.1) is 0 Å². The Morgan fingerprint density at radius 1 is 1.12 bits per heavy atom. The van der Waals surface area contributed by atoms with E-state index >= 15 is 0 Å². The average Bonchev–Trinajstić information content (AvgIpc) is 3.28. The zero-order chi connectivity index (χ0) is 30.7. The van der Waals surface area contributed by atoms with Gasteiger partial charge in [-0.25, -0.2) is 9.79 Å². The number of ether oxygens (including phenoxy) is 2. The van der Waals surface area contributed by atoms with E-state index in [9.17, 15) is 19.7 Å². The number of fused-ring (bicyclic) bond motifs is 1. The summed E-state index contributed by atoms with van der Waals surface area (Å²) in [6.45, 7) is 5.98. The molecule has 43 heavy (non-hydrogen) atoms. The van der Waals surface area contributed by atoms with Crippen molar-refractivity contribution in [1.82, 2.24) is 4.57 Å². The number of carbonyl (C=O) groups is 1. The van der Waals surface area contributed by atoms with Crippen molar-refractivity contribution in [2.75, 3.05) is 13.2 Å². The summed E-state index contributed by atoms with van der Waals surface area (Å²) in [5, 5.41) is 12.5. The normalized spacial score (nSPS) is 14.7. The molecule has 1 aliphatic rings. The lowest BCUT2D eigenvalue weighted by Gasteiger charge is -2.24. The van der Waals surface area contributed by atoms with Gasteiger partial charge in [-0.3, -0.25) is 19.5 Å². The summed E-state index contributed by atoms with van der Waals surface area (Å²) in [6, 6.07) is 18.3. The van der Waals surface area contributed by atoms with E-state index in [1.165, 1.54) is 22.4 Å². The molecule has 0 saturated heterocycles. The van der Waals surface area contributed by atoms with Crippen LogP contribution in [-0.2, 0) is 9.53 Å². The molecule has 0 bridgehead atoms. The first-order valence-electron chi connectivity index (χ1n) is 13.3. The zero-order valence-corrected chi connectivity index (χ0v) is 25.8. The first-order valence-corrected chi connectivity index (χ1v) is 15.4. The van der Waals surface area contributed by atoms with E-state index in [-0.39, 0.29) is 23.4 Å². The van der Waals surface area contributed by atoms with Crippen molar-refractivity contribution < 1.29 is 19.2 Å². The molecule has 5 rings (SSSR count). The summed E-state index contributed by atoms with van der Waals surface area (Å²) >= 11 is 8.37. The molecule has 1 atom stereocenters. The first-order chi connectivity index (χ1) is 20.7. The fourth-order valence-electron chi connectivity index (χ4n) is 4.65. The lowest BCUT2D eigenvalue weighted by Crippen LogP contribution is -2.39. The molecule has 2 heterocycles. The van der Waals surface area contributed by atoms with Crippen molar-refractivity contribution in [3.8, 4) is 5.75 Å². The fourth-order valence-corrected chi connectivity index (χ4v) is 6.73. The molecule has 1 aromatic heterocycles. The second-order valence-electron chi connectivity index (χ2n) is 9.34. The third kappa shape index (κ3) is 6.43. The minimum atomic E-state index is -0.777. The number of nitro benzene ring substituents is 1. The average molecular weight is 636 g/mol. The van der Waals surface area contributed by atoms with Gasteiger partial charge in [0.1, 0.15) is 5.75 Å². The van der Waals surface area contributed by atoms with Gasteiger partial charge in [0.15, 0.2) is 4.80 Å². The maximum absolute atomic E-state index is 13.9. The standard InChI is InChI=1S/C31H26ClN3O6S2/c1-4-40-22-11-7-20(8-12-22)28-27(30(37)41-5-2)18(3)33-31-34(28)29(36)26(43-31)17-19-6-15-25(24(16-19)35(38)39)42-23-13-9-21(32)10-14-23/h6-17,28H,4-5H2,1-3H3/b26-17+/t28-/m0/s1. The Morgan fingerprint density at radius 2 is 1.84 bits per heavy atom. The molecule has 0 unspecified atom stereocenters. The summed E-state index contributed by atoms with van der Waals surface area (Å²) in [4.78, 5) is 44.8. The highest BCUT2D eigenvalue weighted by molar-refractivity contribution is 7.99. The fraction of sp³-hybridized carbons (Fsp3) is 0.194. The van der Waals surface area contributed by atoms with Crippen LogP contribution in [0.1, 0.15) is 37.9 Å². The molecular formula is C31H26ClN3O6S2. The molecule has 9 nitrogen and oxygen atoms in total. The van der Waals surface area contributed by atoms with E-state index < -0.39 is 16.9 Å². The maximum atomic E-state index is 13.9. The van der Waals surface area contributed by atoms with Crippen LogP contribution in [0.15, 0.2) is 97.6 Å². The Morgan fingerprint density at radius 3 is 2.49 bits per heavy atom. The van der Waals surface area contributed by atoms with E-state index in [0.29, 0.717) is 48.4 Å². The van der Waals surface area contributed by atoms with Crippen LogP contribution in [0.25, 0.3) is 6.08 Å². The van der Waals surface area contributed by atoms with Gasteiger partial charge in [0, 0.05) is 16.0 Å². The highest BCUT2D eigenvalue weighted by Crippen LogP contribution is 2.36. The number of rotatable bonds is 9. The second-order valence-corrected chi connectivity index (χ2v) is 11.9. The van der Waals surface area contributed by atoms with Crippen LogP contribution < -0.4 is 19.6 Å². The van der Waals surface area contributed by atoms with Gasteiger partial charge in [0.2, 0.25) is 0 Å². The summed E-state index contributed by atoms with van der Waals surface area (Å²) in [5.41, 5.74) is 1.42. The van der Waals surface area contributed by atoms with E-state index in [2.05, 4.69) is 4.99 Å². The molecule has 0 amide bonds. The van der Waals surface area contributed by atoms with E-state index in [4.69, 9.17) is 21.1 Å². The quantitative estimate of drug-likeness (QED) is 0.128. The van der Waals surface area contributed by atoms with Crippen molar-refractivity contribution in [1.29, 1.82) is 0 Å². The predicted octanol–water partition coefficient (Wildman–Crippen LogP) is 5.91. The topological polar surface area (TPSA) is 113 Å². The smallest absolute Gasteiger partial charge is 0.338 e. The van der Waals surface area contributed by atoms with Crippen molar-refractivity contribution in [2.45, 2.75) is 36.6 Å². The second kappa shape index (κ2) is 13.0. The van der Waals surface area contributed by atoms with Gasteiger partial charge in [0.25, 0.3) is 11.2 Å². The number of allylic oxidation sites excluding steroid dienone is 1. The van der Waals surface area contributed by atoms with Crippen LogP contribution in [0, 0.1) is 10.1 Å². The van der Waals surface area contributed by atoms with Gasteiger partial charge in [-0.05, 0) is 80.4 Å². The molecule has 12 heteroatoms. The van der Waals surface area contributed by atoms with Gasteiger partial charge in [0.05, 0.1) is 44.9 Å². The van der Waals surface area contributed by atoms with Gasteiger partial charge in [-0.1, -0.05) is 52.9 Å². The van der Waals surface area contributed by atoms with Crippen molar-refractivity contribution in [3.63, 3.8) is 0 Å². The molecule has 0 fully saturated rings. The number of thiazole rings is 1. The summed E-state index contributed by atoms with van der Waals surface area (Å²) in [7, 11) is 0. The van der Waals surface area contributed by atoms with E-state index in [1.54, 1.807) is 68.5 Å². The van der Waals surface area contributed by atoms with Crippen LogP contribution in [-0.4, -0.2) is 28.7 Å². The molecule has 1 aliphatic heterocycles. The lowest BCUT2D eigenvalue weighted by atomic mass is 9.96. The SMILES string of the molecule is CCOC(=O)C1=C(C)N=c2s/c(=C/c3ccc(Sc4ccc(Cl)cc4)c([N+](=O)[O-])c3)c(=O)n2[C@H]1c1ccc(OCC)cc1. The molecule has 0 saturated carbocycles. The number of hydrogen-bond acceptors (Lipinski definition) is 9. The highest BCUT2D eigenvalue weighted by atomic mass is 35.5. The third-order valence-corrected chi connectivity index (χ3v) is 8.85. The Hall–Kier alpha value is -4.19. The first kappa shape index (κ1) is 30.3. The molecule has 0 N–H and O–H groups in total. The number of nitrogens with zero attached hydrogens (tertiary/aromatic N) is 3. The van der Waals surface area contributed by atoms with Gasteiger partial charge in [-0.2, -0.15) is 0 Å². The summed E-state index contributed by atoms with van der Waals surface area (Å²) in [5.74, 6) is 0.109. The Balaban J connectivity index is 1.60. The van der Waals surface area contributed by atoms with Crippen molar-refractivity contribution in [3.05, 3.63) is 124 Å². The number of nitro groups is 1. The van der Waals surface area contributed by atoms with Crippen LogP contribution >= 0.6 is 34.7 Å². The Labute approximate surface area is 259 Å². The number of aromatic nitrogens is 1. The molecule has 220 valence electrons. The molecule has 3 aromatic carbocycles. The largest absolute Gasteiger partial charge is 0.494 e. The molecule has 0 radical (unpaired) electrons. The Bertz CT molecular complexity index is 1910. The molecule has 0 spiro atoms. The van der Waals surface area contributed by atoms with Crippen LogP contribution in [0.5, 0.6) is 5.75 Å². The molecule has 0 aliphatic carbocycles. The van der Waals surface area contributed by atoms with E-state index in [1.807, 2.05) is 19.1 Å². The van der Waals surface area contributed by atoms with Crippen LogP contribution in [0.2, 0.25) is 5.02 Å². The summed E-state index contributed by atoms with van der Waals surface area (Å²) in [6.07, 6.45) is 1.60. The van der Waals surface area contributed by atoms with Gasteiger partial charge >= 0.3 is 5.97 Å². The maximum Gasteiger partial charge on any atom is 0.338 e. The number of carbonyl (C=O) groups excluding carboxylic acids is 1.